The van der Waals surface area contributed by atoms with Crippen LogP contribution in [0.5, 0.6) is 0 Å². The summed E-state index contributed by atoms with van der Waals surface area (Å²) in [5.74, 6) is 0. The fourth-order valence-corrected chi connectivity index (χ4v) is 3.54. The molecule has 0 aromatic heterocycles. The fourth-order valence-electron chi connectivity index (χ4n) is 1.69. The van der Waals surface area contributed by atoms with E-state index in [0.717, 1.165) is 0 Å². The average molecular weight is 341 g/mol. The van der Waals surface area contributed by atoms with Gasteiger partial charge in [0.05, 0.1) is 22.2 Å². The van der Waals surface area contributed by atoms with Crippen molar-refractivity contribution < 1.29 is 8.42 Å². The van der Waals surface area contributed by atoms with Crippen molar-refractivity contribution in [2.24, 2.45) is 0 Å². The Balaban J connectivity index is 2.44. The van der Waals surface area contributed by atoms with Crippen LogP contribution in [0.15, 0.2) is 41.3 Å². The average Bonchev–Trinajstić information content (AvgIpc) is 2.40. The highest BCUT2D eigenvalue weighted by Gasteiger charge is 2.17. The van der Waals surface area contributed by atoms with Gasteiger partial charge in [-0.25, -0.2) is 8.42 Å². The molecule has 2 rings (SSSR count). The number of benzene rings is 2. The number of nitrogens with zero attached hydrogens (tertiary/aromatic N) is 1. The van der Waals surface area contributed by atoms with E-state index in [0.29, 0.717) is 16.8 Å². The Kier molecular flexibility index (Phi) is 4.43. The van der Waals surface area contributed by atoms with Crippen LogP contribution in [0.2, 0.25) is 10.0 Å². The van der Waals surface area contributed by atoms with Crippen molar-refractivity contribution in [2.45, 2.75) is 11.8 Å². The topological polar surface area (TPSA) is 70.0 Å². The minimum Gasteiger partial charge on any atom is -0.279 e. The molecule has 7 heteroatoms. The largest absolute Gasteiger partial charge is 0.279 e. The van der Waals surface area contributed by atoms with E-state index in [1.165, 1.54) is 24.3 Å². The molecule has 0 radical (unpaired) electrons. The van der Waals surface area contributed by atoms with Crippen molar-refractivity contribution in [2.75, 3.05) is 4.72 Å². The maximum Gasteiger partial charge on any atom is 0.262 e. The predicted molar refractivity (Wildman–Crippen MR) is 83.2 cm³/mol. The Morgan fingerprint density at radius 3 is 2.29 bits per heavy atom. The Morgan fingerprint density at radius 1 is 1.10 bits per heavy atom. The first kappa shape index (κ1) is 15.6. The normalized spacial score (nSPS) is 11.0. The van der Waals surface area contributed by atoms with E-state index in [4.69, 9.17) is 28.5 Å². The highest BCUT2D eigenvalue weighted by Crippen LogP contribution is 2.25. The van der Waals surface area contributed by atoms with Crippen LogP contribution in [0.4, 0.5) is 5.69 Å². The maximum atomic E-state index is 12.3. The number of anilines is 1. The number of hydrogen-bond acceptors (Lipinski definition) is 3. The molecule has 2 aromatic rings. The van der Waals surface area contributed by atoms with Crippen molar-refractivity contribution in [1.29, 1.82) is 5.26 Å². The molecule has 0 amide bonds. The van der Waals surface area contributed by atoms with Crippen LogP contribution in [0.25, 0.3) is 0 Å². The van der Waals surface area contributed by atoms with Gasteiger partial charge in [-0.3, -0.25) is 4.72 Å². The van der Waals surface area contributed by atoms with E-state index < -0.39 is 10.0 Å². The summed E-state index contributed by atoms with van der Waals surface area (Å²) in [6, 6.07) is 10.8. The second kappa shape index (κ2) is 5.94. The van der Waals surface area contributed by atoms with Crippen LogP contribution in [-0.4, -0.2) is 8.42 Å². The van der Waals surface area contributed by atoms with Gasteiger partial charge in [-0.2, -0.15) is 5.26 Å². The van der Waals surface area contributed by atoms with Gasteiger partial charge in [0.25, 0.3) is 10.0 Å². The summed E-state index contributed by atoms with van der Waals surface area (Å²) < 4.78 is 27.1. The van der Waals surface area contributed by atoms with Gasteiger partial charge in [0, 0.05) is 10.0 Å². The summed E-state index contributed by atoms with van der Waals surface area (Å²) in [4.78, 5) is -0.0400. The molecule has 108 valence electrons. The van der Waals surface area contributed by atoms with Crippen LogP contribution >= 0.6 is 23.2 Å². The highest BCUT2D eigenvalue weighted by molar-refractivity contribution is 7.92. The Hall–Kier alpha value is -1.74. The maximum absolute atomic E-state index is 12.3. The zero-order valence-electron chi connectivity index (χ0n) is 10.9. The second-order valence-electron chi connectivity index (χ2n) is 4.35. The molecule has 0 atom stereocenters. The molecule has 2 aromatic carbocycles. The molecule has 0 aliphatic rings. The van der Waals surface area contributed by atoms with Gasteiger partial charge in [0.15, 0.2) is 0 Å². The minimum atomic E-state index is -3.83. The molecule has 0 aliphatic carbocycles. The summed E-state index contributed by atoms with van der Waals surface area (Å²) in [5, 5.41) is 9.33. The van der Waals surface area contributed by atoms with E-state index in [-0.39, 0.29) is 14.9 Å². The van der Waals surface area contributed by atoms with Crippen molar-refractivity contribution in [3.8, 4) is 6.07 Å². The number of halogens is 2. The lowest BCUT2D eigenvalue weighted by molar-refractivity contribution is 0.601. The molecule has 0 spiro atoms. The molecule has 21 heavy (non-hydrogen) atoms. The number of aryl methyl sites for hydroxylation is 1. The first-order valence-electron chi connectivity index (χ1n) is 5.81. The lowest BCUT2D eigenvalue weighted by atomic mass is 10.1. The van der Waals surface area contributed by atoms with E-state index in [1.54, 1.807) is 19.1 Å². The smallest absolute Gasteiger partial charge is 0.262 e. The lowest BCUT2D eigenvalue weighted by Crippen LogP contribution is -2.14. The van der Waals surface area contributed by atoms with E-state index in [9.17, 15) is 8.42 Å². The third kappa shape index (κ3) is 3.67. The minimum absolute atomic E-state index is 0.0400. The molecular formula is C14H10Cl2N2O2S. The summed E-state index contributed by atoms with van der Waals surface area (Å²) in [5.41, 5.74) is 1.40. The summed E-state index contributed by atoms with van der Waals surface area (Å²) in [7, 11) is -3.83. The standard InChI is InChI=1S/C14H10Cl2N2O2S/c1-9-2-3-10(8-17)4-14(9)18-21(19,20)13-6-11(15)5-12(16)7-13/h2-7,18H,1H3. The van der Waals surface area contributed by atoms with Crippen LogP contribution in [0.3, 0.4) is 0 Å². The number of sulfonamides is 1. The molecule has 0 bridgehead atoms. The SMILES string of the molecule is Cc1ccc(C#N)cc1NS(=O)(=O)c1cc(Cl)cc(Cl)c1. The highest BCUT2D eigenvalue weighted by atomic mass is 35.5. The number of rotatable bonds is 3. The quantitative estimate of drug-likeness (QED) is 0.918. The molecule has 4 nitrogen and oxygen atoms in total. The first-order chi connectivity index (χ1) is 9.81. The Labute approximate surface area is 133 Å². The summed E-state index contributed by atoms with van der Waals surface area (Å²) >= 11 is 11.6. The van der Waals surface area contributed by atoms with Crippen LogP contribution in [-0.2, 0) is 10.0 Å². The molecule has 0 aliphatic heterocycles. The van der Waals surface area contributed by atoms with Crippen molar-refractivity contribution in [3.05, 3.63) is 57.6 Å². The second-order valence-corrected chi connectivity index (χ2v) is 6.91. The van der Waals surface area contributed by atoms with E-state index in [1.807, 2.05) is 6.07 Å². The van der Waals surface area contributed by atoms with Gasteiger partial charge < -0.3 is 0 Å². The number of hydrogen-bond donors (Lipinski definition) is 1. The van der Waals surface area contributed by atoms with Gasteiger partial charge in [0.2, 0.25) is 0 Å². The zero-order chi connectivity index (χ0) is 15.6. The molecular weight excluding hydrogens is 331 g/mol. The molecule has 0 saturated carbocycles. The Bertz CT molecular complexity index is 822. The van der Waals surface area contributed by atoms with Gasteiger partial charge in [-0.15, -0.1) is 0 Å². The molecule has 0 fully saturated rings. The number of nitriles is 1. The Morgan fingerprint density at radius 2 is 1.71 bits per heavy atom. The van der Waals surface area contributed by atoms with Crippen LogP contribution < -0.4 is 4.72 Å². The van der Waals surface area contributed by atoms with Gasteiger partial charge >= 0.3 is 0 Å². The summed E-state index contributed by atoms with van der Waals surface area (Å²) in [6.45, 7) is 1.74. The van der Waals surface area contributed by atoms with Gasteiger partial charge in [-0.05, 0) is 42.8 Å². The molecule has 0 heterocycles. The van der Waals surface area contributed by atoms with Crippen LogP contribution in [0.1, 0.15) is 11.1 Å². The summed E-state index contributed by atoms with van der Waals surface area (Å²) in [6.07, 6.45) is 0. The van der Waals surface area contributed by atoms with Gasteiger partial charge in [-0.1, -0.05) is 29.3 Å². The number of nitrogens with one attached hydrogen (secondary N) is 1. The molecule has 1 N–H and O–H groups in total. The van der Waals surface area contributed by atoms with E-state index in [2.05, 4.69) is 4.72 Å². The van der Waals surface area contributed by atoms with E-state index >= 15 is 0 Å². The molecule has 0 saturated heterocycles. The van der Waals surface area contributed by atoms with Crippen molar-refractivity contribution in [3.63, 3.8) is 0 Å². The van der Waals surface area contributed by atoms with Crippen LogP contribution in [0, 0.1) is 18.3 Å². The first-order valence-corrected chi connectivity index (χ1v) is 8.05. The third-order valence-electron chi connectivity index (χ3n) is 2.76. The molecule has 0 unspecified atom stereocenters. The van der Waals surface area contributed by atoms with Crippen molar-refractivity contribution in [1.82, 2.24) is 0 Å². The van der Waals surface area contributed by atoms with Gasteiger partial charge in [0.1, 0.15) is 0 Å². The fraction of sp³-hybridized carbons (Fsp3) is 0.0714. The zero-order valence-corrected chi connectivity index (χ0v) is 13.2. The lowest BCUT2D eigenvalue weighted by Gasteiger charge is -2.11. The third-order valence-corrected chi connectivity index (χ3v) is 4.54. The predicted octanol–water partition coefficient (Wildman–Crippen LogP) is 3.97. The van der Waals surface area contributed by atoms with Crippen molar-refractivity contribution >= 4 is 38.9 Å². The monoisotopic (exact) mass is 340 g/mol.